The van der Waals surface area contributed by atoms with Crippen molar-refractivity contribution in [3.8, 4) is 0 Å². The molecule has 1 fully saturated rings. The van der Waals surface area contributed by atoms with Crippen LogP contribution in [-0.4, -0.2) is 63.4 Å². The Morgan fingerprint density at radius 2 is 1.72 bits per heavy atom. The van der Waals surface area contributed by atoms with E-state index in [1.54, 1.807) is 18.2 Å². The molecule has 6 nitrogen and oxygen atoms in total. The Morgan fingerprint density at radius 1 is 0.966 bits per heavy atom. The van der Waals surface area contributed by atoms with E-state index in [9.17, 15) is 13.2 Å². The third kappa shape index (κ3) is 3.89. The summed E-state index contributed by atoms with van der Waals surface area (Å²) in [5.74, 6) is -0.0972. The molecule has 0 bridgehead atoms. The Morgan fingerprint density at radius 3 is 2.48 bits per heavy atom. The fourth-order valence-corrected chi connectivity index (χ4v) is 5.70. The molecule has 0 radical (unpaired) electrons. The molecular weight excluding hydrogens is 386 g/mol. The number of carbonyl (C=O) groups excluding carboxylic acids is 1. The maximum Gasteiger partial charge on any atom is 0.264 e. The van der Waals surface area contributed by atoms with Crippen LogP contribution in [0.1, 0.15) is 29.3 Å². The van der Waals surface area contributed by atoms with Gasteiger partial charge in [0.25, 0.3) is 15.9 Å². The third-order valence-corrected chi connectivity index (χ3v) is 7.52. The Hall–Kier alpha value is -2.38. The summed E-state index contributed by atoms with van der Waals surface area (Å²) >= 11 is 0. The first-order valence-electron chi connectivity index (χ1n) is 10.2. The second-order valence-electron chi connectivity index (χ2n) is 7.62. The van der Waals surface area contributed by atoms with Crippen LogP contribution in [-0.2, 0) is 16.4 Å². The molecule has 0 unspecified atom stereocenters. The molecular formula is C22H27N3O3S. The van der Waals surface area contributed by atoms with Gasteiger partial charge in [-0.3, -0.25) is 14.0 Å². The summed E-state index contributed by atoms with van der Waals surface area (Å²) in [7, 11) is -3.70. The SMILES string of the molecule is CCCN1CCN(C(=O)c2cccc(S(=O)(=O)N3CCc4ccccc43)c2)CC1. The van der Waals surface area contributed by atoms with Crippen molar-refractivity contribution in [2.45, 2.75) is 24.7 Å². The number of hydrogen-bond acceptors (Lipinski definition) is 4. The maximum absolute atomic E-state index is 13.3. The largest absolute Gasteiger partial charge is 0.336 e. The van der Waals surface area contributed by atoms with Crippen molar-refractivity contribution in [1.29, 1.82) is 0 Å². The molecule has 0 spiro atoms. The summed E-state index contributed by atoms with van der Waals surface area (Å²) in [6.45, 7) is 6.71. The predicted octanol–water partition coefficient (Wildman–Crippen LogP) is 2.61. The van der Waals surface area contributed by atoms with Gasteiger partial charge in [-0.15, -0.1) is 0 Å². The van der Waals surface area contributed by atoms with E-state index >= 15 is 0 Å². The van der Waals surface area contributed by atoms with Gasteiger partial charge in [-0.05, 0) is 49.2 Å². The van der Waals surface area contributed by atoms with Crippen LogP contribution in [0.4, 0.5) is 5.69 Å². The number of rotatable bonds is 5. The highest BCUT2D eigenvalue weighted by molar-refractivity contribution is 7.92. The number of anilines is 1. The summed E-state index contributed by atoms with van der Waals surface area (Å²) in [6, 6.07) is 14.0. The van der Waals surface area contributed by atoms with Crippen LogP contribution in [0.25, 0.3) is 0 Å². The van der Waals surface area contributed by atoms with Crippen molar-refractivity contribution in [2.24, 2.45) is 0 Å². The fourth-order valence-electron chi connectivity index (χ4n) is 4.15. The van der Waals surface area contributed by atoms with E-state index in [0.29, 0.717) is 31.6 Å². The van der Waals surface area contributed by atoms with Crippen LogP contribution in [0, 0.1) is 0 Å². The first-order valence-corrected chi connectivity index (χ1v) is 11.7. The van der Waals surface area contributed by atoms with Crippen LogP contribution in [0.15, 0.2) is 53.4 Å². The molecule has 2 aromatic rings. The molecule has 2 aliphatic rings. The van der Waals surface area contributed by atoms with E-state index in [-0.39, 0.29) is 10.8 Å². The number of benzene rings is 2. The lowest BCUT2D eigenvalue weighted by molar-refractivity contribution is 0.0637. The molecule has 0 aromatic heterocycles. The summed E-state index contributed by atoms with van der Waals surface area (Å²) in [5, 5.41) is 0. The van der Waals surface area contributed by atoms with Crippen LogP contribution in [0.3, 0.4) is 0 Å². The van der Waals surface area contributed by atoms with Gasteiger partial charge in [-0.2, -0.15) is 0 Å². The van der Waals surface area contributed by atoms with Gasteiger partial charge in [0.15, 0.2) is 0 Å². The second kappa shape index (κ2) is 8.16. The summed E-state index contributed by atoms with van der Waals surface area (Å²) in [5.41, 5.74) is 2.20. The molecule has 0 aliphatic carbocycles. The van der Waals surface area contributed by atoms with Crippen LogP contribution < -0.4 is 4.31 Å². The summed E-state index contributed by atoms with van der Waals surface area (Å²) in [4.78, 5) is 17.3. The Balaban J connectivity index is 1.54. The van der Waals surface area contributed by atoms with E-state index in [1.165, 1.54) is 10.4 Å². The molecule has 2 aliphatic heterocycles. The average molecular weight is 414 g/mol. The third-order valence-electron chi connectivity index (χ3n) is 5.71. The van der Waals surface area contributed by atoms with E-state index in [0.717, 1.165) is 37.3 Å². The van der Waals surface area contributed by atoms with E-state index in [1.807, 2.05) is 29.2 Å². The van der Waals surface area contributed by atoms with Crippen molar-refractivity contribution < 1.29 is 13.2 Å². The number of sulfonamides is 1. The normalized spacial score (nSPS) is 17.4. The zero-order chi connectivity index (χ0) is 20.4. The number of carbonyl (C=O) groups is 1. The standard InChI is InChI=1S/C22H27N3O3S/c1-2-11-23-13-15-24(16-14-23)22(26)19-7-5-8-20(17-19)29(27,28)25-12-10-18-6-3-4-9-21(18)25/h3-9,17H,2,10-16H2,1H3. The van der Waals surface area contributed by atoms with Crippen molar-refractivity contribution in [1.82, 2.24) is 9.80 Å². The van der Waals surface area contributed by atoms with Gasteiger partial charge in [0.05, 0.1) is 10.6 Å². The molecule has 2 aromatic carbocycles. The summed E-state index contributed by atoms with van der Waals surface area (Å²) in [6.07, 6.45) is 1.81. The highest BCUT2D eigenvalue weighted by atomic mass is 32.2. The van der Waals surface area contributed by atoms with Crippen LogP contribution in [0.2, 0.25) is 0 Å². The minimum Gasteiger partial charge on any atom is -0.336 e. The molecule has 2 heterocycles. The molecule has 4 rings (SSSR count). The molecule has 1 saturated heterocycles. The average Bonchev–Trinajstić information content (AvgIpc) is 3.19. The predicted molar refractivity (Wildman–Crippen MR) is 114 cm³/mol. The van der Waals surface area contributed by atoms with Gasteiger partial charge >= 0.3 is 0 Å². The molecule has 29 heavy (non-hydrogen) atoms. The molecule has 7 heteroatoms. The van der Waals surface area contributed by atoms with Gasteiger partial charge in [0, 0.05) is 38.3 Å². The van der Waals surface area contributed by atoms with Gasteiger partial charge in [-0.25, -0.2) is 8.42 Å². The summed E-state index contributed by atoms with van der Waals surface area (Å²) < 4.78 is 28.0. The Kier molecular flexibility index (Phi) is 5.61. The van der Waals surface area contributed by atoms with Crippen molar-refractivity contribution >= 4 is 21.6 Å². The van der Waals surface area contributed by atoms with E-state index < -0.39 is 10.0 Å². The number of piperazine rings is 1. The van der Waals surface area contributed by atoms with Crippen molar-refractivity contribution in [3.05, 3.63) is 59.7 Å². The number of para-hydroxylation sites is 1. The van der Waals surface area contributed by atoms with E-state index in [4.69, 9.17) is 0 Å². The number of nitrogens with zero attached hydrogens (tertiary/aromatic N) is 3. The van der Waals surface area contributed by atoms with Gasteiger partial charge in [0.2, 0.25) is 0 Å². The number of fused-ring (bicyclic) bond motifs is 1. The smallest absolute Gasteiger partial charge is 0.264 e. The monoisotopic (exact) mass is 413 g/mol. The maximum atomic E-state index is 13.3. The highest BCUT2D eigenvalue weighted by Crippen LogP contribution is 2.32. The molecule has 0 atom stereocenters. The van der Waals surface area contributed by atoms with Crippen LogP contribution >= 0.6 is 0 Å². The van der Waals surface area contributed by atoms with Gasteiger partial charge in [0.1, 0.15) is 0 Å². The van der Waals surface area contributed by atoms with E-state index in [2.05, 4.69) is 11.8 Å². The Bertz CT molecular complexity index is 998. The molecule has 0 saturated carbocycles. The molecule has 154 valence electrons. The number of hydrogen-bond donors (Lipinski definition) is 0. The first-order chi connectivity index (χ1) is 14.0. The highest BCUT2D eigenvalue weighted by Gasteiger charge is 2.31. The minimum atomic E-state index is -3.70. The van der Waals surface area contributed by atoms with Crippen molar-refractivity contribution in [3.63, 3.8) is 0 Å². The first kappa shape index (κ1) is 19.9. The topological polar surface area (TPSA) is 60.9 Å². The molecule has 0 N–H and O–H groups in total. The van der Waals surface area contributed by atoms with Gasteiger partial charge < -0.3 is 4.90 Å². The molecule has 1 amide bonds. The lowest BCUT2D eigenvalue weighted by Crippen LogP contribution is -2.48. The zero-order valence-electron chi connectivity index (χ0n) is 16.8. The Labute approximate surface area is 172 Å². The van der Waals surface area contributed by atoms with Crippen molar-refractivity contribution in [2.75, 3.05) is 43.6 Å². The quantitative estimate of drug-likeness (QED) is 0.756. The van der Waals surface area contributed by atoms with Gasteiger partial charge in [-0.1, -0.05) is 31.2 Å². The second-order valence-corrected chi connectivity index (χ2v) is 9.48. The lowest BCUT2D eigenvalue weighted by atomic mass is 10.2. The minimum absolute atomic E-state index is 0.0972. The zero-order valence-corrected chi connectivity index (χ0v) is 17.6. The fraction of sp³-hybridized carbons (Fsp3) is 0.409. The van der Waals surface area contributed by atoms with Crippen LogP contribution in [0.5, 0.6) is 0 Å². The lowest BCUT2D eigenvalue weighted by Gasteiger charge is -2.34. The number of amides is 1.